The molecule has 8 heteroatoms. The van der Waals surface area contributed by atoms with Crippen LogP contribution in [-0.2, 0) is 20.4 Å². The van der Waals surface area contributed by atoms with Gasteiger partial charge in [-0.2, -0.15) is 5.10 Å². The van der Waals surface area contributed by atoms with Gasteiger partial charge in [0, 0.05) is 28.3 Å². The Bertz CT molecular complexity index is 1400. The van der Waals surface area contributed by atoms with Crippen LogP contribution >= 0.6 is 22.6 Å². The first-order valence-corrected chi connectivity index (χ1v) is 12.2. The highest BCUT2D eigenvalue weighted by atomic mass is 127. The lowest BCUT2D eigenvalue weighted by atomic mass is 9.95. The summed E-state index contributed by atoms with van der Waals surface area (Å²) in [6, 6.07) is 21.8. The Hall–Kier alpha value is -3.53. The van der Waals surface area contributed by atoms with Gasteiger partial charge in [-0.25, -0.2) is 5.10 Å². The number of carboxylic acids is 1. The number of hydrogen-bond acceptors (Lipinski definition) is 4. The van der Waals surface area contributed by atoms with Crippen LogP contribution in [0.5, 0.6) is 0 Å². The molecule has 1 atom stereocenters. The molecule has 0 aliphatic heterocycles. The first-order valence-electron chi connectivity index (χ1n) is 10.7. The number of aromatic amines is 1. The van der Waals surface area contributed by atoms with Crippen molar-refractivity contribution in [2.75, 3.05) is 5.32 Å². The minimum absolute atomic E-state index is 0.170. The smallest absolute Gasteiger partial charge is 0.311 e. The fraction of sp³-hybridized carbons (Fsp3) is 0.154. The molecule has 3 N–H and O–H groups in total. The summed E-state index contributed by atoms with van der Waals surface area (Å²) in [6.45, 7) is 0. The van der Waals surface area contributed by atoms with Gasteiger partial charge in [0.1, 0.15) is 0 Å². The van der Waals surface area contributed by atoms with Crippen LogP contribution < -0.4 is 10.9 Å². The van der Waals surface area contributed by atoms with Crippen molar-refractivity contribution in [1.29, 1.82) is 0 Å². The average molecular weight is 567 g/mol. The lowest BCUT2D eigenvalue weighted by Crippen LogP contribution is -2.21. The van der Waals surface area contributed by atoms with E-state index in [9.17, 15) is 19.5 Å². The van der Waals surface area contributed by atoms with Gasteiger partial charge >= 0.3 is 5.97 Å². The maximum Gasteiger partial charge on any atom is 0.311 e. The number of aliphatic carboxylic acids is 1. The molecule has 0 saturated carbocycles. The maximum absolute atomic E-state index is 12.8. The van der Waals surface area contributed by atoms with Gasteiger partial charge in [0.15, 0.2) is 0 Å². The zero-order valence-electron chi connectivity index (χ0n) is 18.1. The van der Waals surface area contributed by atoms with Crippen molar-refractivity contribution in [1.82, 2.24) is 10.2 Å². The quantitative estimate of drug-likeness (QED) is 0.212. The Balaban J connectivity index is 1.57. The summed E-state index contributed by atoms with van der Waals surface area (Å²) in [5.41, 5.74) is 3.56. The normalized spacial score (nSPS) is 11.8. The topological polar surface area (TPSA) is 112 Å². The second-order valence-corrected chi connectivity index (χ2v) is 8.66. The summed E-state index contributed by atoms with van der Waals surface area (Å²) in [7, 11) is 0. The molecule has 0 fully saturated rings. The molecule has 34 heavy (non-hydrogen) atoms. The molecule has 0 spiro atoms. The van der Waals surface area contributed by atoms with E-state index >= 15 is 0 Å². The first-order chi connectivity index (χ1) is 16.5. The van der Waals surface area contributed by atoms with Crippen LogP contribution in [0.4, 0.5) is 5.69 Å². The van der Waals surface area contributed by atoms with Gasteiger partial charge in [-0.1, -0.05) is 83.3 Å². The molecule has 4 rings (SSSR count). The van der Waals surface area contributed by atoms with Crippen LogP contribution in [0, 0.1) is 0 Å². The number of nitrogens with one attached hydrogen (secondary N) is 2. The van der Waals surface area contributed by atoms with E-state index in [2.05, 4.69) is 38.1 Å². The van der Waals surface area contributed by atoms with Gasteiger partial charge in [-0.3, -0.25) is 14.4 Å². The zero-order valence-corrected chi connectivity index (χ0v) is 20.3. The van der Waals surface area contributed by atoms with Crippen molar-refractivity contribution in [2.45, 2.75) is 23.2 Å². The Kier molecular flexibility index (Phi) is 7.36. The van der Waals surface area contributed by atoms with E-state index in [0.29, 0.717) is 27.5 Å². The third-order valence-electron chi connectivity index (χ3n) is 5.63. The minimum atomic E-state index is -1.04. The van der Waals surface area contributed by atoms with E-state index in [1.54, 1.807) is 36.4 Å². The number of nitrogens with zero attached hydrogens (tertiary/aromatic N) is 1. The molecule has 172 valence electrons. The number of benzene rings is 3. The number of anilines is 1. The zero-order chi connectivity index (χ0) is 24.1. The summed E-state index contributed by atoms with van der Waals surface area (Å²) in [4.78, 5) is 36.7. The molecule has 3 aromatic carbocycles. The van der Waals surface area contributed by atoms with Gasteiger partial charge in [0.25, 0.3) is 5.56 Å². The van der Waals surface area contributed by atoms with E-state index in [-0.39, 0.29) is 17.9 Å². The number of halogens is 1. The Morgan fingerprint density at radius 2 is 1.71 bits per heavy atom. The van der Waals surface area contributed by atoms with Crippen LogP contribution in [0.1, 0.15) is 34.7 Å². The molecular weight excluding hydrogens is 545 g/mol. The van der Waals surface area contributed by atoms with Gasteiger partial charge < -0.3 is 10.4 Å². The van der Waals surface area contributed by atoms with E-state index in [0.717, 1.165) is 22.2 Å². The SMILES string of the molecule is O=C(CC(C(=O)O)c1ccccc1)Nc1cc(Cc2n[nH]c(=O)c3ccccc23)ccc1CI. The van der Waals surface area contributed by atoms with E-state index < -0.39 is 11.9 Å². The highest BCUT2D eigenvalue weighted by Gasteiger charge is 2.23. The van der Waals surface area contributed by atoms with Crippen LogP contribution in [0.15, 0.2) is 77.6 Å². The summed E-state index contributed by atoms with van der Waals surface area (Å²) in [5.74, 6) is -2.34. The molecule has 1 unspecified atom stereocenters. The number of carbonyl (C=O) groups is 2. The molecule has 0 bridgehead atoms. The number of carbonyl (C=O) groups excluding carboxylic acids is 1. The number of rotatable bonds is 8. The fourth-order valence-corrected chi connectivity index (χ4v) is 4.55. The standard InChI is InChI=1S/C26H22IN3O4/c27-15-18-11-10-16(13-23-19-8-4-5-9-20(19)25(32)30-29-23)12-22(18)28-24(31)14-21(26(33)34)17-6-2-1-3-7-17/h1-12,21H,13-15H2,(H,28,31)(H,30,32)(H,33,34). The number of aromatic nitrogens is 2. The predicted octanol–water partition coefficient (Wildman–Crippen LogP) is 4.65. The summed E-state index contributed by atoms with van der Waals surface area (Å²) >= 11 is 2.22. The van der Waals surface area contributed by atoms with Gasteiger partial charge in [0.2, 0.25) is 5.91 Å². The van der Waals surface area contributed by atoms with Crippen molar-refractivity contribution in [3.05, 3.63) is 106 Å². The van der Waals surface area contributed by atoms with E-state index in [1.807, 2.05) is 36.4 Å². The van der Waals surface area contributed by atoms with Crippen LogP contribution in [0.25, 0.3) is 10.8 Å². The summed E-state index contributed by atoms with van der Waals surface area (Å²) < 4.78 is 0.675. The van der Waals surface area contributed by atoms with Crippen molar-refractivity contribution in [3.8, 4) is 0 Å². The minimum Gasteiger partial charge on any atom is -0.481 e. The number of fused-ring (bicyclic) bond motifs is 1. The third kappa shape index (κ3) is 5.33. The second-order valence-electron chi connectivity index (χ2n) is 7.90. The molecule has 7 nitrogen and oxygen atoms in total. The first kappa shape index (κ1) is 23.6. The van der Waals surface area contributed by atoms with E-state index in [4.69, 9.17) is 0 Å². The predicted molar refractivity (Wildman–Crippen MR) is 139 cm³/mol. The largest absolute Gasteiger partial charge is 0.481 e. The van der Waals surface area contributed by atoms with Crippen molar-refractivity contribution < 1.29 is 14.7 Å². The summed E-state index contributed by atoms with van der Waals surface area (Å²) in [6.07, 6.45) is 0.291. The summed E-state index contributed by atoms with van der Waals surface area (Å²) in [5, 5.41) is 20.7. The molecule has 0 aliphatic carbocycles. The number of amides is 1. The second kappa shape index (κ2) is 10.6. The number of alkyl halides is 1. The van der Waals surface area contributed by atoms with Crippen molar-refractivity contribution in [2.24, 2.45) is 0 Å². The molecule has 4 aromatic rings. The van der Waals surface area contributed by atoms with Gasteiger partial charge in [0.05, 0.1) is 17.0 Å². The molecule has 1 aromatic heterocycles. The molecule has 1 heterocycles. The fourth-order valence-electron chi connectivity index (χ4n) is 3.89. The Morgan fingerprint density at radius 1 is 1.00 bits per heavy atom. The lowest BCUT2D eigenvalue weighted by Gasteiger charge is -2.15. The van der Waals surface area contributed by atoms with Crippen molar-refractivity contribution in [3.63, 3.8) is 0 Å². The Morgan fingerprint density at radius 3 is 2.41 bits per heavy atom. The molecule has 0 saturated heterocycles. The van der Waals surface area contributed by atoms with Crippen molar-refractivity contribution >= 4 is 50.9 Å². The number of carboxylic acid groups (broad SMARTS) is 1. The molecular formula is C26H22IN3O4. The van der Waals surface area contributed by atoms with Crippen LogP contribution in [-0.4, -0.2) is 27.2 Å². The number of H-pyrrole nitrogens is 1. The molecule has 0 radical (unpaired) electrons. The van der Waals surface area contributed by atoms with Crippen LogP contribution in [0.3, 0.4) is 0 Å². The average Bonchev–Trinajstić information content (AvgIpc) is 2.85. The lowest BCUT2D eigenvalue weighted by molar-refractivity contribution is -0.140. The third-order valence-corrected chi connectivity index (χ3v) is 6.45. The highest BCUT2D eigenvalue weighted by molar-refractivity contribution is 14.1. The number of hydrogen-bond donors (Lipinski definition) is 3. The Labute approximate surface area is 209 Å². The van der Waals surface area contributed by atoms with E-state index in [1.165, 1.54) is 0 Å². The maximum atomic E-state index is 12.8. The highest BCUT2D eigenvalue weighted by Crippen LogP contribution is 2.26. The monoisotopic (exact) mass is 567 g/mol. The van der Waals surface area contributed by atoms with Gasteiger partial charge in [-0.05, 0) is 28.8 Å². The van der Waals surface area contributed by atoms with Gasteiger partial charge in [-0.15, -0.1) is 0 Å². The van der Waals surface area contributed by atoms with Crippen LogP contribution in [0.2, 0.25) is 0 Å². The molecule has 0 aliphatic rings. The molecule has 1 amide bonds.